The van der Waals surface area contributed by atoms with E-state index in [1.165, 1.54) is 10.6 Å². The number of alkyl halides is 3. The van der Waals surface area contributed by atoms with Gasteiger partial charge in [0.1, 0.15) is 5.69 Å². The van der Waals surface area contributed by atoms with Crippen molar-refractivity contribution >= 4 is 22.8 Å². The molecule has 3 aromatic rings. The molecule has 0 saturated carbocycles. The molecule has 3 rings (SSSR count). The zero-order valence-electron chi connectivity index (χ0n) is 19.1. The average molecular weight is 474 g/mol. The fourth-order valence-corrected chi connectivity index (χ4v) is 3.22. The zero-order chi connectivity index (χ0) is 25.1. The van der Waals surface area contributed by atoms with E-state index in [1.54, 1.807) is 45.0 Å². The topological polar surface area (TPSA) is 78.3 Å². The predicted molar refractivity (Wildman–Crippen MR) is 120 cm³/mol. The fourth-order valence-electron chi connectivity index (χ4n) is 3.22. The van der Waals surface area contributed by atoms with Gasteiger partial charge in [-0.1, -0.05) is 51.1 Å². The Morgan fingerprint density at radius 3 is 2.32 bits per heavy atom. The lowest BCUT2D eigenvalue weighted by Crippen LogP contribution is -2.28. The summed E-state index contributed by atoms with van der Waals surface area (Å²) in [7, 11) is 0. The van der Waals surface area contributed by atoms with Crippen molar-refractivity contribution in [3.8, 4) is 0 Å². The van der Waals surface area contributed by atoms with Crippen molar-refractivity contribution in [2.75, 3.05) is 6.61 Å². The summed E-state index contributed by atoms with van der Waals surface area (Å²) in [6, 6.07) is 12.0. The molecule has 9 heteroatoms. The molecule has 0 unspecified atom stereocenters. The number of benzene rings is 2. The van der Waals surface area contributed by atoms with Crippen LogP contribution < -0.4 is 5.56 Å². The van der Waals surface area contributed by atoms with Crippen LogP contribution in [0.5, 0.6) is 0 Å². The van der Waals surface area contributed by atoms with Crippen LogP contribution in [0.15, 0.2) is 53.3 Å². The molecule has 2 aromatic carbocycles. The van der Waals surface area contributed by atoms with Crippen molar-refractivity contribution < 1.29 is 27.5 Å². The van der Waals surface area contributed by atoms with E-state index in [0.29, 0.717) is 0 Å². The maximum absolute atomic E-state index is 13.2. The maximum atomic E-state index is 13.2. The minimum absolute atomic E-state index is 0.00312. The van der Waals surface area contributed by atoms with Crippen LogP contribution in [0.4, 0.5) is 13.2 Å². The molecule has 0 amide bonds. The van der Waals surface area contributed by atoms with Crippen LogP contribution in [0.2, 0.25) is 0 Å². The normalized spacial score (nSPS) is 12.1. The third kappa shape index (κ3) is 6.09. The Morgan fingerprint density at radius 2 is 1.71 bits per heavy atom. The molecule has 1 aromatic heterocycles. The molecule has 0 radical (unpaired) electrons. The summed E-state index contributed by atoms with van der Waals surface area (Å²) in [6.45, 7) is 4.84. The van der Waals surface area contributed by atoms with Crippen molar-refractivity contribution in [3.05, 3.63) is 75.7 Å². The van der Waals surface area contributed by atoms with E-state index in [4.69, 9.17) is 4.74 Å². The number of aromatic nitrogens is 2. The predicted octanol–water partition coefficient (Wildman–Crippen LogP) is 4.55. The van der Waals surface area contributed by atoms with Gasteiger partial charge in [0.25, 0.3) is 5.56 Å². The number of carbonyl (C=O) groups excluding carboxylic acids is 2. The van der Waals surface area contributed by atoms with Crippen molar-refractivity contribution in [1.29, 1.82) is 0 Å². The van der Waals surface area contributed by atoms with Gasteiger partial charge in [0.2, 0.25) is 0 Å². The summed E-state index contributed by atoms with van der Waals surface area (Å²) in [6.07, 6.45) is -4.95. The second kappa shape index (κ2) is 9.79. The highest BCUT2D eigenvalue weighted by atomic mass is 19.4. The van der Waals surface area contributed by atoms with Crippen LogP contribution in [-0.2, 0) is 33.5 Å². The summed E-state index contributed by atoms with van der Waals surface area (Å²) in [5.41, 5.74) is -1.08. The number of ketones is 1. The molecular formula is C25H25F3N2O4. The minimum Gasteiger partial charge on any atom is -0.458 e. The van der Waals surface area contributed by atoms with Crippen LogP contribution in [0, 0.1) is 5.41 Å². The van der Waals surface area contributed by atoms with Gasteiger partial charge in [-0.2, -0.15) is 13.2 Å². The molecular weight excluding hydrogens is 449 g/mol. The lowest BCUT2D eigenvalue weighted by Gasteiger charge is -2.16. The first-order valence-electron chi connectivity index (χ1n) is 10.7. The van der Waals surface area contributed by atoms with E-state index < -0.39 is 28.7 Å². The third-order valence-corrected chi connectivity index (χ3v) is 5.29. The lowest BCUT2D eigenvalue weighted by atomic mass is 9.91. The summed E-state index contributed by atoms with van der Waals surface area (Å²) < 4.78 is 46.1. The molecule has 0 aliphatic rings. The molecule has 1 heterocycles. The molecule has 34 heavy (non-hydrogen) atoms. The minimum atomic E-state index is -4.57. The van der Waals surface area contributed by atoms with Crippen LogP contribution in [0.1, 0.15) is 44.0 Å². The van der Waals surface area contributed by atoms with E-state index in [-0.39, 0.29) is 48.5 Å². The Morgan fingerprint density at radius 1 is 1.03 bits per heavy atom. The van der Waals surface area contributed by atoms with Gasteiger partial charge < -0.3 is 9.30 Å². The van der Waals surface area contributed by atoms with Crippen LogP contribution >= 0.6 is 0 Å². The SMILES string of the molecule is CC(C)(C)C(=O)COC(=O)CCc1nc2cc(C(F)(F)F)ccc2n(Cc2ccccc2)c1=O. The maximum Gasteiger partial charge on any atom is 0.416 e. The van der Waals surface area contributed by atoms with Crippen molar-refractivity contribution in [3.63, 3.8) is 0 Å². The van der Waals surface area contributed by atoms with Crippen LogP contribution in [0.3, 0.4) is 0 Å². The van der Waals surface area contributed by atoms with Crippen LogP contribution in [0.25, 0.3) is 11.0 Å². The van der Waals surface area contributed by atoms with Gasteiger partial charge >= 0.3 is 12.1 Å². The Hall–Kier alpha value is -3.49. The van der Waals surface area contributed by atoms with E-state index in [0.717, 1.165) is 17.7 Å². The van der Waals surface area contributed by atoms with Gasteiger partial charge in [0, 0.05) is 11.8 Å². The van der Waals surface area contributed by atoms with Crippen molar-refractivity contribution in [2.45, 2.75) is 46.3 Å². The first kappa shape index (κ1) is 25.1. The van der Waals surface area contributed by atoms with E-state index in [2.05, 4.69) is 4.98 Å². The number of nitrogens with zero attached hydrogens (tertiary/aromatic N) is 2. The Balaban J connectivity index is 1.92. The van der Waals surface area contributed by atoms with Gasteiger partial charge in [-0.15, -0.1) is 0 Å². The van der Waals surface area contributed by atoms with Gasteiger partial charge in [-0.3, -0.25) is 14.4 Å². The number of Topliss-reactive ketones (excluding diaryl/α,β-unsaturated/α-hetero) is 1. The highest BCUT2D eigenvalue weighted by molar-refractivity contribution is 5.86. The van der Waals surface area contributed by atoms with E-state index in [9.17, 15) is 27.6 Å². The number of hydrogen-bond acceptors (Lipinski definition) is 5. The number of halogens is 3. The molecule has 0 atom stereocenters. The largest absolute Gasteiger partial charge is 0.458 e. The molecule has 0 bridgehead atoms. The molecule has 0 spiro atoms. The van der Waals surface area contributed by atoms with Gasteiger partial charge in [0.15, 0.2) is 12.4 Å². The third-order valence-electron chi connectivity index (χ3n) is 5.29. The zero-order valence-corrected chi connectivity index (χ0v) is 19.1. The lowest BCUT2D eigenvalue weighted by molar-refractivity contribution is -0.150. The average Bonchev–Trinajstić information content (AvgIpc) is 2.77. The number of rotatable bonds is 7. The molecule has 180 valence electrons. The van der Waals surface area contributed by atoms with Gasteiger partial charge in [0.05, 0.1) is 29.6 Å². The number of ether oxygens (including phenoxy) is 1. The monoisotopic (exact) mass is 474 g/mol. The number of hydrogen-bond donors (Lipinski definition) is 0. The number of fused-ring (bicyclic) bond motifs is 1. The first-order chi connectivity index (χ1) is 15.9. The first-order valence-corrected chi connectivity index (χ1v) is 10.7. The molecule has 0 aliphatic carbocycles. The second-order valence-corrected chi connectivity index (χ2v) is 8.97. The highest BCUT2D eigenvalue weighted by Crippen LogP contribution is 2.31. The molecule has 0 saturated heterocycles. The molecule has 0 aliphatic heterocycles. The summed E-state index contributed by atoms with van der Waals surface area (Å²) in [5, 5.41) is 0. The number of carbonyl (C=O) groups is 2. The van der Waals surface area contributed by atoms with Crippen LogP contribution in [-0.4, -0.2) is 27.9 Å². The van der Waals surface area contributed by atoms with Gasteiger partial charge in [-0.25, -0.2) is 4.98 Å². The summed E-state index contributed by atoms with van der Waals surface area (Å²) in [4.78, 5) is 41.4. The quantitative estimate of drug-likeness (QED) is 0.470. The van der Waals surface area contributed by atoms with Crippen molar-refractivity contribution in [1.82, 2.24) is 9.55 Å². The fraction of sp³-hybridized carbons (Fsp3) is 0.360. The Bertz CT molecular complexity index is 1260. The second-order valence-electron chi connectivity index (χ2n) is 8.97. The number of esters is 1. The molecule has 0 N–H and O–H groups in total. The van der Waals surface area contributed by atoms with Crippen molar-refractivity contribution in [2.24, 2.45) is 5.41 Å². The smallest absolute Gasteiger partial charge is 0.416 e. The van der Waals surface area contributed by atoms with E-state index in [1.807, 2.05) is 6.07 Å². The molecule has 0 fully saturated rings. The standard InChI is InChI=1S/C25H25F3N2O4/c1-24(2,3)21(31)15-34-22(32)12-10-18-23(33)30(14-16-7-5-4-6-8-16)20-11-9-17(25(26,27)28)13-19(20)29-18/h4-9,11,13H,10,12,14-15H2,1-3H3. The number of aryl methyl sites for hydroxylation is 1. The van der Waals surface area contributed by atoms with E-state index >= 15 is 0 Å². The molecule has 6 nitrogen and oxygen atoms in total. The summed E-state index contributed by atoms with van der Waals surface area (Å²) in [5.74, 6) is -0.952. The Kier molecular flexibility index (Phi) is 7.24. The Labute approximate surface area is 194 Å². The summed E-state index contributed by atoms with van der Waals surface area (Å²) >= 11 is 0. The highest BCUT2D eigenvalue weighted by Gasteiger charge is 2.31. The van der Waals surface area contributed by atoms with Gasteiger partial charge in [-0.05, 0) is 23.8 Å².